The second kappa shape index (κ2) is 5.15. The van der Waals surface area contributed by atoms with Crippen molar-refractivity contribution in [3.8, 4) is 0 Å². The minimum atomic E-state index is -0.299. The van der Waals surface area contributed by atoms with E-state index >= 15 is 0 Å². The highest BCUT2D eigenvalue weighted by Gasteiger charge is 2.31. The molecule has 0 bridgehead atoms. The summed E-state index contributed by atoms with van der Waals surface area (Å²) in [5.41, 5.74) is 0. The Balaban J connectivity index is 1.90. The van der Waals surface area contributed by atoms with Gasteiger partial charge in [0.1, 0.15) is 0 Å². The average Bonchev–Trinajstić information content (AvgIpc) is 2.81. The third-order valence-electron chi connectivity index (χ3n) is 3.81. The van der Waals surface area contributed by atoms with E-state index in [1.807, 2.05) is 11.8 Å². The number of likely N-dealkylation sites (tertiary alicyclic amines) is 1. The van der Waals surface area contributed by atoms with E-state index in [4.69, 9.17) is 0 Å². The fourth-order valence-corrected chi connectivity index (χ4v) is 2.72. The van der Waals surface area contributed by atoms with Gasteiger partial charge in [-0.15, -0.1) is 0 Å². The van der Waals surface area contributed by atoms with Crippen molar-refractivity contribution in [2.75, 3.05) is 19.6 Å². The summed E-state index contributed by atoms with van der Waals surface area (Å²) in [5.74, 6) is 0.502. The molecule has 3 atom stereocenters. The van der Waals surface area contributed by atoms with E-state index in [1.165, 1.54) is 0 Å². The van der Waals surface area contributed by atoms with Gasteiger partial charge in [-0.05, 0) is 39.2 Å². The maximum atomic E-state index is 12.2. The topological polar surface area (TPSA) is 52.6 Å². The highest BCUT2D eigenvalue weighted by Crippen LogP contribution is 2.21. The molecule has 2 rings (SSSR count). The average molecular weight is 226 g/mol. The summed E-state index contributed by atoms with van der Waals surface area (Å²) in [6.07, 6.45) is 3.83. The predicted molar refractivity (Wildman–Crippen MR) is 62.0 cm³/mol. The first-order valence-electron chi connectivity index (χ1n) is 6.38. The first-order valence-corrected chi connectivity index (χ1v) is 6.38. The van der Waals surface area contributed by atoms with Crippen molar-refractivity contribution >= 4 is 5.91 Å². The van der Waals surface area contributed by atoms with Gasteiger partial charge < -0.3 is 15.3 Å². The zero-order valence-electron chi connectivity index (χ0n) is 9.98. The maximum Gasteiger partial charge on any atom is 0.239 e. The second-order valence-electron chi connectivity index (χ2n) is 5.08. The Kier molecular flexibility index (Phi) is 3.82. The molecule has 2 aliphatic heterocycles. The van der Waals surface area contributed by atoms with Crippen LogP contribution in [0.15, 0.2) is 0 Å². The summed E-state index contributed by atoms with van der Waals surface area (Å²) in [6.45, 7) is 4.38. The molecule has 2 saturated heterocycles. The molecule has 0 saturated carbocycles. The van der Waals surface area contributed by atoms with Gasteiger partial charge in [-0.2, -0.15) is 0 Å². The van der Waals surface area contributed by atoms with Gasteiger partial charge in [-0.1, -0.05) is 0 Å². The van der Waals surface area contributed by atoms with Crippen LogP contribution in [-0.4, -0.2) is 47.7 Å². The van der Waals surface area contributed by atoms with E-state index < -0.39 is 0 Å². The van der Waals surface area contributed by atoms with Gasteiger partial charge in [0, 0.05) is 19.0 Å². The number of amides is 1. The van der Waals surface area contributed by atoms with E-state index in [0.29, 0.717) is 0 Å². The molecule has 0 aromatic carbocycles. The van der Waals surface area contributed by atoms with Crippen LogP contribution in [-0.2, 0) is 4.79 Å². The van der Waals surface area contributed by atoms with E-state index in [9.17, 15) is 9.90 Å². The third-order valence-corrected chi connectivity index (χ3v) is 3.81. The maximum absolute atomic E-state index is 12.2. The molecule has 0 aromatic rings. The fraction of sp³-hybridized carbons (Fsp3) is 0.917. The normalized spacial score (nSPS) is 32.8. The Bertz CT molecular complexity index is 249. The standard InChI is InChI=1S/C12H22N2O2/c1-9(15)10-4-3-7-14(8-10)12(16)11-5-2-6-13-11/h9-11,13,15H,2-8H2,1H3/t9-,10-,11+/m0/s1. The molecule has 2 N–H and O–H groups in total. The van der Waals surface area contributed by atoms with Crippen molar-refractivity contribution in [3.63, 3.8) is 0 Å². The zero-order valence-corrected chi connectivity index (χ0v) is 9.98. The van der Waals surface area contributed by atoms with Crippen LogP contribution in [0.25, 0.3) is 0 Å². The highest BCUT2D eigenvalue weighted by atomic mass is 16.3. The van der Waals surface area contributed by atoms with Crippen molar-refractivity contribution in [2.45, 2.75) is 44.8 Å². The van der Waals surface area contributed by atoms with Gasteiger partial charge in [-0.3, -0.25) is 4.79 Å². The van der Waals surface area contributed by atoms with E-state index in [-0.39, 0.29) is 24.0 Å². The molecular formula is C12H22N2O2. The molecule has 0 aromatic heterocycles. The lowest BCUT2D eigenvalue weighted by atomic mass is 9.93. The number of hydrogen-bond acceptors (Lipinski definition) is 3. The van der Waals surface area contributed by atoms with Crippen molar-refractivity contribution in [2.24, 2.45) is 5.92 Å². The summed E-state index contributed by atoms with van der Waals surface area (Å²) in [4.78, 5) is 14.1. The van der Waals surface area contributed by atoms with Crippen LogP contribution in [0.2, 0.25) is 0 Å². The molecule has 0 aliphatic carbocycles. The minimum Gasteiger partial charge on any atom is -0.393 e. The first kappa shape index (κ1) is 11.9. The van der Waals surface area contributed by atoms with Gasteiger partial charge >= 0.3 is 0 Å². The third kappa shape index (κ3) is 2.55. The van der Waals surface area contributed by atoms with E-state index in [0.717, 1.165) is 45.3 Å². The molecule has 2 heterocycles. The number of nitrogens with one attached hydrogen (secondary N) is 1. The van der Waals surface area contributed by atoms with Crippen LogP contribution < -0.4 is 5.32 Å². The fourth-order valence-electron chi connectivity index (χ4n) is 2.72. The Morgan fingerprint density at radius 2 is 2.25 bits per heavy atom. The number of carbonyl (C=O) groups excluding carboxylic acids is 1. The summed E-state index contributed by atoms with van der Waals surface area (Å²) < 4.78 is 0. The molecule has 0 radical (unpaired) electrons. The van der Waals surface area contributed by atoms with Crippen LogP contribution in [0.4, 0.5) is 0 Å². The minimum absolute atomic E-state index is 0.0350. The summed E-state index contributed by atoms with van der Waals surface area (Å²) >= 11 is 0. The van der Waals surface area contributed by atoms with Gasteiger partial charge in [0.15, 0.2) is 0 Å². The SMILES string of the molecule is C[C@H](O)[C@H]1CCCN(C(=O)[C@H]2CCCN2)C1. The Morgan fingerprint density at radius 3 is 2.88 bits per heavy atom. The lowest BCUT2D eigenvalue weighted by Crippen LogP contribution is -2.49. The quantitative estimate of drug-likeness (QED) is 0.715. The first-order chi connectivity index (χ1) is 7.68. The molecule has 1 amide bonds. The smallest absolute Gasteiger partial charge is 0.239 e. The number of nitrogens with zero attached hydrogens (tertiary/aromatic N) is 1. The number of rotatable bonds is 2. The van der Waals surface area contributed by atoms with E-state index in [1.54, 1.807) is 0 Å². The van der Waals surface area contributed by atoms with Crippen molar-refractivity contribution in [1.82, 2.24) is 10.2 Å². The van der Waals surface area contributed by atoms with Crippen molar-refractivity contribution in [1.29, 1.82) is 0 Å². The molecule has 4 nitrogen and oxygen atoms in total. The molecule has 16 heavy (non-hydrogen) atoms. The number of hydrogen-bond donors (Lipinski definition) is 2. The van der Waals surface area contributed by atoms with Crippen molar-refractivity contribution < 1.29 is 9.90 Å². The second-order valence-corrected chi connectivity index (χ2v) is 5.08. The lowest BCUT2D eigenvalue weighted by Gasteiger charge is -2.35. The Labute approximate surface area is 97.0 Å². The largest absolute Gasteiger partial charge is 0.393 e. The monoisotopic (exact) mass is 226 g/mol. The van der Waals surface area contributed by atoms with Crippen LogP contribution in [0.1, 0.15) is 32.6 Å². The molecule has 2 fully saturated rings. The van der Waals surface area contributed by atoms with Crippen LogP contribution in [0, 0.1) is 5.92 Å². The van der Waals surface area contributed by atoms with Gasteiger partial charge in [-0.25, -0.2) is 0 Å². The van der Waals surface area contributed by atoms with Crippen LogP contribution in [0.5, 0.6) is 0 Å². The summed E-state index contributed by atoms with van der Waals surface area (Å²) in [5, 5.41) is 12.8. The van der Waals surface area contributed by atoms with Crippen molar-refractivity contribution in [3.05, 3.63) is 0 Å². The van der Waals surface area contributed by atoms with Gasteiger partial charge in [0.05, 0.1) is 12.1 Å². The highest BCUT2D eigenvalue weighted by molar-refractivity contribution is 5.82. The molecule has 0 unspecified atom stereocenters. The molecule has 92 valence electrons. The summed E-state index contributed by atoms with van der Waals surface area (Å²) in [7, 11) is 0. The molecule has 4 heteroatoms. The van der Waals surface area contributed by atoms with Crippen LogP contribution in [0.3, 0.4) is 0 Å². The number of carbonyl (C=O) groups is 1. The predicted octanol–water partition coefficient (Wildman–Crippen LogP) is 0.358. The molecule has 0 spiro atoms. The van der Waals surface area contributed by atoms with Crippen LogP contribution >= 0.6 is 0 Å². The number of piperidine rings is 1. The van der Waals surface area contributed by atoms with Gasteiger partial charge in [0.2, 0.25) is 5.91 Å². The molecule has 2 aliphatic rings. The van der Waals surface area contributed by atoms with Gasteiger partial charge in [0.25, 0.3) is 0 Å². The Hall–Kier alpha value is -0.610. The Morgan fingerprint density at radius 1 is 1.44 bits per heavy atom. The zero-order chi connectivity index (χ0) is 11.5. The number of aliphatic hydroxyl groups is 1. The molecular weight excluding hydrogens is 204 g/mol. The lowest BCUT2D eigenvalue weighted by molar-refractivity contribution is -0.135. The number of aliphatic hydroxyl groups excluding tert-OH is 1. The summed E-state index contributed by atoms with van der Waals surface area (Å²) in [6, 6.07) is 0.0350. The van der Waals surface area contributed by atoms with E-state index in [2.05, 4.69) is 5.32 Å².